The fourth-order valence-electron chi connectivity index (χ4n) is 0.886. The average Bonchev–Trinajstić information content (AvgIpc) is 2.23. The van der Waals surface area contributed by atoms with Gasteiger partial charge in [0.05, 0.1) is 6.54 Å². The van der Waals surface area contributed by atoms with Gasteiger partial charge in [-0.3, -0.25) is 10.2 Å². The highest BCUT2D eigenvalue weighted by Gasteiger charge is 2.15. The van der Waals surface area contributed by atoms with Crippen molar-refractivity contribution in [3.05, 3.63) is 0 Å². The van der Waals surface area contributed by atoms with Gasteiger partial charge in [0, 0.05) is 13.0 Å². The second kappa shape index (κ2) is 7.50. The van der Waals surface area contributed by atoms with Crippen molar-refractivity contribution in [1.82, 2.24) is 10.4 Å². The molecule has 0 fully saturated rings. The van der Waals surface area contributed by atoms with Crippen molar-refractivity contribution in [2.45, 2.75) is 19.4 Å². The maximum Gasteiger partial charge on any atom is 0.426 e. The van der Waals surface area contributed by atoms with Gasteiger partial charge in [-0.15, -0.1) is 5.92 Å². The van der Waals surface area contributed by atoms with Crippen molar-refractivity contribution >= 4 is 12.0 Å². The molecule has 1 atom stereocenters. The van der Waals surface area contributed by atoms with E-state index >= 15 is 0 Å². The Morgan fingerprint density at radius 3 is 2.62 bits per heavy atom. The standard InChI is InChI=1S/C9H15N3O4/c1-2-3-7(13)4-5-12(9(15)16)11-8(14)6-10/h7,13H,4-6,10H2,1H3,(H,11,14)(H,15,16)/t7-/m1/s1. The number of rotatable bonds is 4. The third kappa shape index (κ3) is 5.85. The summed E-state index contributed by atoms with van der Waals surface area (Å²) in [6, 6.07) is 0. The van der Waals surface area contributed by atoms with E-state index in [1.807, 2.05) is 0 Å². The molecule has 0 unspecified atom stereocenters. The molecular formula is C9H15N3O4. The normalized spacial score (nSPS) is 10.9. The van der Waals surface area contributed by atoms with Gasteiger partial charge in [0.25, 0.3) is 5.91 Å². The van der Waals surface area contributed by atoms with Gasteiger partial charge < -0.3 is 15.9 Å². The number of carbonyl (C=O) groups excluding carboxylic acids is 1. The van der Waals surface area contributed by atoms with E-state index in [9.17, 15) is 14.7 Å². The Kier molecular flexibility index (Phi) is 6.67. The quantitative estimate of drug-likeness (QED) is 0.354. The lowest BCUT2D eigenvalue weighted by Crippen LogP contribution is -2.48. The number of hydrazine groups is 1. The molecule has 0 heterocycles. The number of aliphatic hydroxyl groups excluding tert-OH is 1. The molecule has 7 nitrogen and oxygen atoms in total. The number of aliphatic hydroxyl groups is 1. The van der Waals surface area contributed by atoms with E-state index < -0.39 is 18.1 Å². The third-order valence-corrected chi connectivity index (χ3v) is 1.61. The molecule has 0 spiro atoms. The van der Waals surface area contributed by atoms with Gasteiger partial charge in [-0.05, 0) is 6.92 Å². The molecule has 0 rings (SSSR count). The van der Waals surface area contributed by atoms with Gasteiger partial charge in [0.15, 0.2) is 0 Å². The predicted octanol–water partition coefficient (Wildman–Crippen LogP) is -1.27. The second-order valence-electron chi connectivity index (χ2n) is 2.87. The molecule has 90 valence electrons. The van der Waals surface area contributed by atoms with Crippen LogP contribution >= 0.6 is 0 Å². The molecule has 0 saturated heterocycles. The fourth-order valence-corrected chi connectivity index (χ4v) is 0.886. The first-order chi connectivity index (χ1) is 7.51. The van der Waals surface area contributed by atoms with E-state index in [0.717, 1.165) is 0 Å². The Morgan fingerprint density at radius 1 is 1.56 bits per heavy atom. The van der Waals surface area contributed by atoms with Crippen molar-refractivity contribution in [2.24, 2.45) is 5.73 Å². The summed E-state index contributed by atoms with van der Waals surface area (Å²) in [4.78, 5) is 21.5. The molecule has 0 aromatic rings. The van der Waals surface area contributed by atoms with Crippen molar-refractivity contribution < 1.29 is 19.8 Å². The molecule has 0 saturated carbocycles. The number of hydrogen-bond donors (Lipinski definition) is 4. The first-order valence-corrected chi connectivity index (χ1v) is 4.61. The number of nitrogens with two attached hydrogens (primary N) is 1. The highest BCUT2D eigenvalue weighted by atomic mass is 16.4. The number of carboxylic acid groups (broad SMARTS) is 1. The van der Waals surface area contributed by atoms with Gasteiger partial charge in [0.2, 0.25) is 0 Å². The van der Waals surface area contributed by atoms with Crippen LogP contribution in [0.25, 0.3) is 0 Å². The zero-order valence-corrected chi connectivity index (χ0v) is 8.93. The van der Waals surface area contributed by atoms with Crippen LogP contribution in [0.2, 0.25) is 0 Å². The Hall–Kier alpha value is -1.78. The summed E-state index contributed by atoms with van der Waals surface area (Å²) in [5.41, 5.74) is 7.09. The summed E-state index contributed by atoms with van der Waals surface area (Å²) in [6.45, 7) is 1.20. The smallest absolute Gasteiger partial charge is 0.426 e. The van der Waals surface area contributed by atoms with Gasteiger partial charge in [-0.2, -0.15) is 0 Å². The molecule has 5 N–H and O–H groups in total. The molecule has 0 bridgehead atoms. The molecule has 0 aliphatic rings. The predicted molar refractivity (Wildman–Crippen MR) is 56.0 cm³/mol. The number of hydrogen-bond acceptors (Lipinski definition) is 4. The summed E-state index contributed by atoms with van der Waals surface area (Å²) in [5, 5.41) is 18.6. The highest BCUT2D eigenvalue weighted by Crippen LogP contribution is 1.94. The van der Waals surface area contributed by atoms with Gasteiger partial charge in [-0.1, -0.05) is 5.92 Å². The molecule has 7 heteroatoms. The Morgan fingerprint density at radius 2 is 2.19 bits per heavy atom. The fraction of sp³-hybridized carbons (Fsp3) is 0.556. The molecular weight excluding hydrogens is 214 g/mol. The number of carbonyl (C=O) groups is 2. The lowest BCUT2D eigenvalue weighted by molar-refractivity contribution is -0.123. The largest absolute Gasteiger partial charge is 0.464 e. The van der Waals surface area contributed by atoms with Crippen LogP contribution in [0, 0.1) is 11.8 Å². The van der Waals surface area contributed by atoms with Crippen molar-refractivity contribution in [1.29, 1.82) is 0 Å². The lowest BCUT2D eigenvalue weighted by atomic mass is 10.2. The summed E-state index contributed by atoms with van der Waals surface area (Å²) in [5.74, 6) is 4.34. The summed E-state index contributed by atoms with van der Waals surface area (Å²) >= 11 is 0. The monoisotopic (exact) mass is 229 g/mol. The number of amides is 2. The second-order valence-corrected chi connectivity index (χ2v) is 2.87. The summed E-state index contributed by atoms with van der Waals surface area (Å²) in [7, 11) is 0. The SMILES string of the molecule is CC#C[C@@H](O)CCN(NC(=O)CN)C(=O)O. The first-order valence-electron chi connectivity index (χ1n) is 4.61. The van der Waals surface area contributed by atoms with Crippen LogP contribution < -0.4 is 11.2 Å². The van der Waals surface area contributed by atoms with Gasteiger partial charge >= 0.3 is 6.09 Å². The minimum absolute atomic E-state index is 0.0586. The molecule has 0 aliphatic heterocycles. The van der Waals surface area contributed by atoms with Crippen LogP contribution in [-0.2, 0) is 4.79 Å². The maximum absolute atomic E-state index is 10.9. The van der Waals surface area contributed by atoms with E-state index in [-0.39, 0.29) is 19.5 Å². The van der Waals surface area contributed by atoms with Gasteiger partial charge in [0.1, 0.15) is 6.10 Å². The Labute approximate surface area is 93.2 Å². The first kappa shape index (κ1) is 14.2. The van der Waals surface area contributed by atoms with E-state index in [1.165, 1.54) is 0 Å². The van der Waals surface area contributed by atoms with Crippen LogP contribution in [0.15, 0.2) is 0 Å². The lowest BCUT2D eigenvalue weighted by Gasteiger charge is -2.19. The third-order valence-electron chi connectivity index (χ3n) is 1.61. The zero-order chi connectivity index (χ0) is 12.6. The molecule has 2 amide bonds. The molecule has 0 radical (unpaired) electrons. The van der Waals surface area contributed by atoms with E-state index in [2.05, 4.69) is 17.3 Å². The number of nitrogens with one attached hydrogen (secondary N) is 1. The van der Waals surface area contributed by atoms with Crippen LogP contribution in [-0.4, -0.2) is 46.4 Å². The Balaban J connectivity index is 4.17. The maximum atomic E-state index is 10.9. The minimum atomic E-state index is -1.32. The van der Waals surface area contributed by atoms with Crippen LogP contribution in [0.1, 0.15) is 13.3 Å². The molecule has 0 aromatic carbocycles. The molecule has 0 aliphatic carbocycles. The van der Waals surface area contributed by atoms with Crippen molar-refractivity contribution in [2.75, 3.05) is 13.1 Å². The average molecular weight is 229 g/mol. The van der Waals surface area contributed by atoms with Crippen molar-refractivity contribution in [3.8, 4) is 11.8 Å². The van der Waals surface area contributed by atoms with E-state index in [0.29, 0.717) is 5.01 Å². The van der Waals surface area contributed by atoms with Crippen LogP contribution in [0.5, 0.6) is 0 Å². The van der Waals surface area contributed by atoms with Crippen LogP contribution in [0.4, 0.5) is 4.79 Å². The summed E-state index contributed by atoms with van der Waals surface area (Å²) < 4.78 is 0. The van der Waals surface area contributed by atoms with E-state index in [1.54, 1.807) is 6.92 Å². The van der Waals surface area contributed by atoms with Gasteiger partial charge in [-0.25, -0.2) is 9.80 Å². The number of nitrogens with zero attached hydrogens (tertiary/aromatic N) is 1. The Bertz CT molecular complexity index is 308. The summed E-state index contributed by atoms with van der Waals surface area (Å²) in [6.07, 6.45) is -2.13. The van der Waals surface area contributed by atoms with Crippen molar-refractivity contribution in [3.63, 3.8) is 0 Å². The minimum Gasteiger partial charge on any atom is -0.464 e. The molecule has 0 aromatic heterocycles. The highest BCUT2D eigenvalue weighted by molar-refractivity contribution is 5.80. The zero-order valence-electron chi connectivity index (χ0n) is 8.93. The van der Waals surface area contributed by atoms with E-state index in [4.69, 9.17) is 10.8 Å². The molecule has 16 heavy (non-hydrogen) atoms. The van der Waals surface area contributed by atoms with Crippen LogP contribution in [0.3, 0.4) is 0 Å². The topological polar surface area (TPSA) is 116 Å².